The summed E-state index contributed by atoms with van der Waals surface area (Å²) in [6, 6.07) is 10.2. The molecule has 0 fully saturated rings. The van der Waals surface area contributed by atoms with Gasteiger partial charge in [-0.3, -0.25) is 14.9 Å². The highest BCUT2D eigenvalue weighted by atomic mass is 35.5. The number of nitrogens with zero attached hydrogens (tertiary/aromatic N) is 2. The minimum absolute atomic E-state index is 0.0854. The zero-order valence-electron chi connectivity index (χ0n) is 14.9. The molecule has 2 aromatic carbocycles. The van der Waals surface area contributed by atoms with Gasteiger partial charge in [0, 0.05) is 10.7 Å². The van der Waals surface area contributed by atoms with Gasteiger partial charge in [0.25, 0.3) is 5.91 Å². The van der Waals surface area contributed by atoms with Crippen molar-refractivity contribution in [3.05, 3.63) is 58.9 Å². The Morgan fingerprint density at radius 2 is 1.93 bits per heavy atom. The van der Waals surface area contributed by atoms with Crippen molar-refractivity contribution in [2.45, 2.75) is 4.34 Å². The van der Waals surface area contributed by atoms with Crippen LogP contribution in [0.15, 0.2) is 46.8 Å². The van der Waals surface area contributed by atoms with Gasteiger partial charge in [0.1, 0.15) is 11.6 Å². The van der Waals surface area contributed by atoms with Crippen LogP contribution in [-0.2, 0) is 4.79 Å². The van der Waals surface area contributed by atoms with Crippen LogP contribution in [0.2, 0.25) is 5.02 Å². The molecule has 150 valence electrons. The highest BCUT2D eigenvalue weighted by molar-refractivity contribution is 8.01. The fourth-order valence-electron chi connectivity index (χ4n) is 2.20. The molecule has 3 rings (SSSR count). The van der Waals surface area contributed by atoms with Crippen molar-refractivity contribution in [3.63, 3.8) is 0 Å². The number of carbonyl (C=O) groups excluding carboxylic acids is 2. The smallest absolute Gasteiger partial charge is 0.261 e. The average Bonchev–Trinajstić information content (AvgIpc) is 3.15. The molecular weight excluding hydrogens is 439 g/mol. The van der Waals surface area contributed by atoms with Crippen LogP contribution in [0.5, 0.6) is 5.75 Å². The van der Waals surface area contributed by atoms with E-state index in [4.69, 9.17) is 16.3 Å². The summed E-state index contributed by atoms with van der Waals surface area (Å²) < 4.78 is 18.6. The Labute approximate surface area is 178 Å². The summed E-state index contributed by atoms with van der Waals surface area (Å²) in [7, 11) is 1.46. The number of anilines is 2. The lowest BCUT2D eigenvalue weighted by Crippen LogP contribution is -2.13. The molecule has 0 aliphatic heterocycles. The topological polar surface area (TPSA) is 93.2 Å². The van der Waals surface area contributed by atoms with Gasteiger partial charge in [-0.2, -0.15) is 0 Å². The first-order chi connectivity index (χ1) is 13.9. The monoisotopic (exact) mass is 452 g/mol. The van der Waals surface area contributed by atoms with E-state index in [1.165, 1.54) is 49.2 Å². The summed E-state index contributed by atoms with van der Waals surface area (Å²) >= 11 is 8.24. The van der Waals surface area contributed by atoms with E-state index in [0.717, 1.165) is 11.3 Å². The summed E-state index contributed by atoms with van der Waals surface area (Å²) in [6.45, 7) is 0. The Kier molecular flexibility index (Phi) is 7.02. The number of halogens is 2. The fourth-order valence-corrected chi connectivity index (χ4v) is 3.92. The molecule has 29 heavy (non-hydrogen) atoms. The van der Waals surface area contributed by atoms with E-state index >= 15 is 0 Å². The zero-order valence-corrected chi connectivity index (χ0v) is 17.3. The van der Waals surface area contributed by atoms with Crippen molar-refractivity contribution in [2.24, 2.45) is 0 Å². The molecule has 11 heteroatoms. The Hall–Kier alpha value is -2.69. The molecule has 0 spiro atoms. The molecule has 0 bridgehead atoms. The third kappa shape index (κ3) is 5.89. The van der Waals surface area contributed by atoms with Gasteiger partial charge in [-0.15, -0.1) is 10.2 Å². The summed E-state index contributed by atoms with van der Waals surface area (Å²) in [5.41, 5.74) is 0.765. The van der Waals surface area contributed by atoms with Crippen LogP contribution < -0.4 is 15.4 Å². The standard InChI is InChI=1S/C18H14ClFN4O3S2/c1-27-14-7-2-10(19)8-13(14)16(26)22-17-23-24-18(29-17)28-9-15(25)21-12-5-3-11(20)4-6-12/h2-8H,9H2,1H3,(H,21,25)(H,22,23,26). The van der Waals surface area contributed by atoms with Crippen LogP contribution >= 0.6 is 34.7 Å². The molecule has 1 aromatic heterocycles. The van der Waals surface area contributed by atoms with E-state index in [-0.39, 0.29) is 28.2 Å². The second kappa shape index (κ2) is 9.68. The van der Waals surface area contributed by atoms with Gasteiger partial charge in [-0.05, 0) is 42.5 Å². The van der Waals surface area contributed by atoms with E-state index in [1.54, 1.807) is 12.1 Å². The lowest BCUT2D eigenvalue weighted by atomic mass is 10.2. The van der Waals surface area contributed by atoms with Gasteiger partial charge in [-0.25, -0.2) is 4.39 Å². The Balaban J connectivity index is 1.55. The van der Waals surface area contributed by atoms with E-state index in [1.807, 2.05) is 0 Å². The SMILES string of the molecule is COc1ccc(Cl)cc1C(=O)Nc1nnc(SCC(=O)Nc2ccc(F)cc2)s1. The number of nitrogens with one attached hydrogen (secondary N) is 2. The Morgan fingerprint density at radius 3 is 2.66 bits per heavy atom. The van der Waals surface area contributed by atoms with Crippen LogP contribution in [-0.4, -0.2) is 34.9 Å². The summed E-state index contributed by atoms with van der Waals surface area (Å²) in [4.78, 5) is 24.4. The molecule has 0 radical (unpaired) electrons. The normalized spacial score (nSPS) is 10.4. The number of amides is 2. The Bertz CT molecular complexity index is 1030. The predicted octanol–water partition coefficient (Wildman–Crippen LogP) is 4.32. The molecule has 7 nitrogen and oxygen atoms in total. The van der Waals surface area contributed by atoms with Crippen molar-refractivity contribution < 1.29 is 18.7 Å². The zero-order chi connectivity index (χ0) is 20.8. The number of carbonyl (C=O) groups is 2. The second-order valence-electron chi connectivity index (χ2n) is 5.52. The first-order valence-electron chi connectivity index (χ1n) is 8.11. The van der Waals surface area contributed by atoms with Crippen molar-refractivity contribution in [1.82, 2.24) is 10.2 Å². The second-order valence-corrected chi connectivity index (χ2v) is 8.15. The number of benzene rings is 2. The van der Waals surface area contributed by atoms with Gasteiger partial charge >= 0.3 is 0 Å². The molecule has 0 aliphatic carbocycles. The molecule has 1 heterocycles. The average molecular weight is 453 g/mol. The minimum atomic E-state index is -0.439. The maximum Gasteiger partial charge on any atom is 0.261 e. The molecule has 3 aromatic rings. The lowest BCUT2D eigenvalue weighted by Gasteiger charge is -2.07. The van der Waals surface area contributed by atoms with Crippen LogP contribution in [0.3, 0.4) is 0 Å². The number of hydrogen-bond donors (Lipinski definition) is 2. The molecule has 2 amide bonds. The molecule has 0 unspecified atom stereocenters. The van der Waals surface area contributed by atoms with Crippen LogP contribution in [0.4, 0.5) is 15.2 Å². The fraction of sp³-hybridized carbons (Fsp3) is 0.111. The quantitative estimate of drug-likeness (QED) is 0.409. The largest absolute Gasteiger partial charge is 0.496 e. The molecule has 0 aliphatic rings. The summed E-state index contributed by atoms with van der Waals surface area (Å²) in [6.07, 6.45) is 0. The maximum atomic E-state index is 12.9. The van der Waals surface area contributed by atoms with Crippen LogP contribution in [0, 0.1) is 5.82 Å². The van der Waals surface area contributed by atoms with Gasteiger partial charge in [0.15, 0.2) is 4.34 Å². The number of methoxy groups -OCH3 is 1. The summed E-state index contributed by atoms with van der Waals surface area (Å²) in [5.74, 6) is -0.626. The van der Waals surface area contributed by atoms with Crippen molar-refractivity contribution in [3.8, 4) is 5.75 Å². The number of rotatable bonds is 7. The van der Waals surface area contributed by atoms with Crippen LogP contribution in [0.1, 0.15) is 10.4 Å². The van der Waals surface area contributed by atoms with Crippen molar-refractivity contribution in [2.75, 3.05) is 23.5 Å². The molecule has 0 saturated carbocycles. The molecule has 2 N–H and O–H groups in total. The Morgan fingerprint density at radius 1 is 1.17 bits per heavy atom. The predicted molar refractivity (Wildman–Crippen MR) is 112 cm³/mol. The molecular formula is C18H14ClFN4O3S2. The van der Waals surface area contributed by atoms with E-state index < -0.39 is 5.91 Å². The number of thioether (sulfide) groups is 1. The van der Waals surface area contributed by atoms with E-state index in [0.29, 0.717) is 20.8 Å². The lowest BCUT2D eigenvalue weighted by molar-refractivity contribution is -0.113. The van der Waals surface area contributed by atoms with Gasteiger partial charge in [0.2, 0.25) is 11.0 Å². The summed E-state index contributed by atoms with van der Waals surface area (Å²) in [5, 5.41) is 13.8. The van der Waals surface area contributed by atoms with E-state index in [9.17, 15) is 14.0 Å². The maximum absolute atomic E-state index is 12.9. The van der Waals surface area contributed by atoms with E-state index in [2.05, 4.69) is 20.8 Å². The van der Waals surface area contributed by atoms with Crippen molar-refractivity contribution >= 4 is 57.3 Å². The van der Waals surface area contributed by atoms with Gasteiger partial charge in [-0.1, -0.05) is 34.7 Å². The molecule has 0 atom stereocenters. The minimum Gasteiger partial charge on any atom is -0.496 e. The number of hydrogen-bond acceptors (Lipinski definition) is 7. The number of aromatic nitrogens is 2. The van der Waals surface area contributed by atoms with Gasteiger partial charge < -0.3 is 10.1 Å². The van der Waals surface area contributed by atoms with Crippen molar-refractivity contribution in [1.29, 1.82) is 0 Å². The van der Waals surface area contributed by atoms with Gasteiger partial charge in [0.05, 0.1) is 18.4 Å². The third-order valence-electron chi connectivity index (χ3n) is 3.49. The highest BCUT2D eigenvalue weighted by Gasteiger charge is 2.16. The molecule has 0 saturated heterocycles. The third-order valence-corrected chi connectivity index (χ3v) is 5.69. The number of ether oxygens (including phenoxy) is 1. The van der Waals surface area contributed by atoms with Crippen LogP contribution in [0.25, 0.3) is 0 Å². The first kappa shape index (κ1) is 21.0. The first-order valence-corrected chi connectivity index (χ1v) is 10.3. The highest BCUT2D eigenvalue weighted by Crippen LogP contribution is 2.28.